The number of methoxy groups -OCH3 is 1. The molecule has 3 aliphatic rings. The van der Waals surface area contributed by atoms with Crippen molar-refractivity contribution in [2.24, 2.45) is 0 Å². The molecule has 0 spiro atoms. The maximum Gasteiger partial charge on any atom is 0.409 e. The Balaban J connectivity index is 1.95. The number of carbonyl (C=O) groups is 1. The van der Waals surface area contributed by atoms with E-state index in [1.165, 1.54) is 13.5 Å². The highest BCUT2D eigenvalue weighted by molar-refractivity contribution is 5.68. The summed E-state index contributed by atoms with van der Waals surface area (Å²) in [4.78, 5) is 15.6. The molecule has 0 aromatic heterocycles. The van der Waals surface area contributed by atoms with Crippen molar-refractivity contribution in [3.05, 3.63) is 0 Å². The van der Waals surface area contributed by atoms with E-state index in [0.717, 1.165) is 13.1 Å². The average Bonchev–Trinajstić information content (AvgIpc) is 2.15. The normalized spacial score (nSPS) is 31.6. The molecule has 0 N–H and O–H groups in total. The van der Waals surface area contributed by atoms with E-state index in [4.69, 9.17) is 4.74 Å². The van der Waals surface area contributed by atoms with Crippen LogP contribution in [-0.2, 0) is 4.74 Å². The number of amides is 1. The number of fused-ring (bicyclic) bond motifs is 2. The number of piperazine rings is 1. The van der Waals surface area contributed by atoms with E-state index in [-0.39, 0.29) is 6.09 Å². The Hall–Kier alpha value is -0.770. The van der Waals surface area contributed by atoms with Crippen LogP contribution in [0.5, 0.6) is 0 Å². The molecule has 14 heavy (non-hydrogen) atoms. The number of hydrogen-bond acceptors (Lipinski definition) is 3. The van der Waals surface area contributed by atoms with Crippen molar-refractivity contribution in [3.8, 4) is 0 Å². The molecular formula is C10H18N2O2. The lowest BCUT2D eigenvalue weighted by molar-refractivity contribution is -0.0810. The van der Waals surface area contributed by atoms with Gasteiger partial charge in [0.2, 0.25) is 0 Å². The number of carbonyl (C=O) groups excluding carboxylic acids is 1. The second kappa shape index (κ2) is 3.42. The Bertz CT molecular complexity index is 230. The minimum atomic E-state index is -0.178. The van der Waals surface area contributed by atoms with Crippen LogP contribution in [0.1, 0.15) is 20.3 Å². The Morgan fingerprint density at radius 2 is 1.93 bits per heavy atom. The van der Waals surface area contributed by atoms with Gasteiger partial charge in [-0.1, -0.05) is 0 Å². The summed E-state index contributed by atoms with van der Waals surface area (Å²) in [7, 11) is 1.45. The van der Waals surface area contributed by atoms with Crippen molar-refractivity contribution in [3.63, 3.8) is 0 Å². The summed E-state index contributed by atoms with van der Waals surface area (Å²) in [6, 6.07) is 1.72. The van der Waals surface area contributed by atoms with Gasteiger partial charge in [0.05, 0.1) is 7.11 Å². The van der Waals surface area contributed by atoms with Crippen molar-refractivity contribution in [2.75, 3.05) is 20.2 Å². The number of piperidine rings is 1. The summed E-state index contributed by atoms with van der Waals surface area (Å²) in [5.41, 5.74) is 0. The lowest BCUT2D eigenvalue weighted by Gasteiger charge is -2.57. The van der Waals surface area contributed by atoms with Crippen molar-refractivity contribution in [1.29, 1.82) is 0 Å². The maximum atomic E-state index is 11.3. The topological polar surface area (TPSA) is 32.8 Å². The second-order valence-corrected chi connectivity index (χ2v) is 4.46. The van der Waals surface area contributed by atoms with E-state index in [1.54, 1.807) is 0 Å². The summed E-state index contributed by atoms with van der Waals surface area (Å²) in [6.45, 7) is 6.10. The van der Waals surface area contributed by atoms with E-state index >= 15 is 0 Å². The quantitative estimate of drug-likeness (QED) is 0.628. The molecule has 3 saturated heterocycles. The first-order chi connectivity index (χ1) is 6.63. The summed E-state index contributed by atoms with van der Waals surface area (Å²) in [5, 5.41) is 0. The van der Waals surface area contributed by atoms with Crippen LogP contribution >= 0.6 is 0 Å². The van der Waals surface area contributed by atoms with E-state index in [1.807, 2.05) is 4.90 Å². The minimum absolute atomic E-state index is 0.178. The smallest absolute Gasteiger partial charge is 0.409 e. The van der Waals surface area contributed by atoms with E-state index in [0.29, 0.717) is 18.1 Å². The predicted molar refractivity (Wildman–Crippen MR) is 53.1 cm³/mol. The van der Waals surface area contributed by atoms with Gasteiger partial charge in [0.15, 0.2) is 0 Å². The van der Waals surface area contributed by atoms with Crippen LogP contribution in [0.15, 0.2) is 0 Å². The molecular weight excluding hydrogens is 180 g/mol. The Morgan fingerprint density at radius 1 is 1.36 bits per heavy atom. The van der Waals surface area contributed by atoms with Crippen LogP contribution in [0.2, 0.25) is 0 Å². The van der Waals surface area contributed by atoms with Gasteiger partial charge in [-0.2, -0.15) is 0 Å². The lowest BCUT2D eigenvalue weighted by atomic mass is 9.86. The molecule has 4 heteroatoms. The van der Waals surface area contributed by atoms with Crippen LogP contribution in [0, 0.1) is 0 Å². The first kappa shape index (κ1) is 9.77. The first-order valence-corrected chi connectivity index (χ1v) is 5.23. The third kappa shape index (κ3) is 1.38. The van der Waals surface area contributed by atoms with Crippen molar-refractivity contribution >= 4 is 6.09 Å². The van der Waals surface area contributed by atoms with Gasteiger partial charge >= 0.3 is 6.09 Å². The van der Waals surface area contributed by atoms with Crippen molar-refractivity contribution in [2.45, 2.75) is 38.4 Å². The summed E-state index contributed by atoms with van der Waals surface area (Å²) in [6.07, 6.45) is 1.06. The molecule has 3 aliphatic heterocycles. The van der Waals surface area contributed by atoms with Crippen LogP contribution in [0.3, 0.4) is 0 Å². The highest BCUT2D eigenvalue weighted by Crippen LogP contribution is 2.34. The van der Waals surface area contributed by atoms with Gasteiger partial charge in [0, 0.05) is 31.2 Å². The van der Waals surface area contributed by atoms with Crippen LogP contribution < -0.4 is 0 Å². The number of ether oxygens (including phenoxy) is 1. The fourth-order valence-corrected chi connectivity index (χ4v) is 2.76. The van der Waals surface area contributed by atoms with Gasteiger partial charge in [-0.05, 0) is 20.3 Å². The summed E-state index contributed by atoms with van der Waals surface area (Å²) in [5.74, 6) is 0. The van der Waals surface area contributed by atoms with Crippen LogP contribution in [0.4, 0.5) is 4.79 Å². The largest absolute Gasteiger partial charge is 0.453 e. The van der Waals surface area contributed by atoms with Gasteiger partial charge in [0.1, 0.15) is 0 Å². The summed E-state index contributed by atoms with van der Waals surface area (Å²) < 4.78 is 4.72. The number of hydrogen-bond donors (Lipinski definition) is 0. The molecule has 0 aliphatic carbocycles. The van der Waals surface area contributed by atoms with Crippen molar-refractivity contribution < 1.29 is 9.53 Å². The molecule has 80 valence electrons. The first-order valence-electron chi connectivity index (χ1n) is 5.23. The monoisotopic (exact) mass is 198 g/mol. The van der Waals surface area contributed by atoms with Crippen LogP contribution in [0.25, 0.3) is 0 Å². The number of rotatable bonds is 1. The molecule has 3 rings (SSSR count). The maximum absolute atomic E-state index is 11.3. The summed E-state index contributed by atoms with van der Waals surface area (Å²) >= 11 is 0. The SMILES string of the molecule is COC(=O)N1CC2CC(C1)N2C(C)C. The molecule has 2 bridgehead atoms. The Morgan fingerprint density at radius 3 is 2.36 bits per heavy atom. The standard InChI is InChI=1S/C10H18N2O2/c1-7(2)12-8-4-9(12)6-11(5-8)10(13)14-3/h7-9H,4-6H2,1-3H3. The van der Waals surface area contributed by atoms with Crippen molar-refractivity contribution in [1.82, 2.24) is 9.80 Å². The highest BCUT2D eigenvalue weighted by Gasteiger charge is 2.46. The molecule has 0 aromatic rings. The zero-order chi connectivity index (χ0) is 10.3. The average molecular weight is 198 g/mol. The third-order valence-corrected chi connectivity index (χ3v) is 3.28. The zero-order valence-corrected chi connectivity index (χ0v) is 9.06. The fourth-order valence-electron chi connectivity index (χ4n) is 2.76. The molecule has 1 amide bonds. The van der Waals surface area contributed by atoms with E-state index in [9.17, 15) is 4.79 Å². The van der Waals surface area contributed by atoms with E-state index in [2.05, 4.69) is 18.7 Å². The molecule has 2 atom stereocenters. The van der Waals surface area contributed by atoms with Gasteiger partial charge in [-0.15, -0.1) is 0 Å². The molecule has 3 heterocycles. The highest BCUT2D eigenvalue weighted by atomic mass is 16.5. The molecule has 0 saturated carbocycles. The molecule has 2 unspecified atom stereocenters. The third-order valence-electron chi connectivity index (χ3n) is 3.28. The second-order valence-electron chi connectivity index (χ2n) is 4.46. The minimum Gasteiger partial charge on any atom is -0.453 e. The molecule has 4 nitrogen and oxygen atoms in total. The van der Waals surface area contributed by atoms with E-state index < -0.39 is 0 Å². The molecule has 0 aromatic carbocycles. The van der Waals surface area contributed by atoms with Gasteiger partial charge in [-0.3, -0.25) is 4.90 Å². The fraction of sp³-hybridized carbons (Fsp3) is 0.900. The van der Waals surface area contributed by atoms with Gasteiger partial charge < -0.3 is 9.64 Å². The lowest BCUT2D eigenvalue weighted by Crippen LogP contribution is -2.70. The van der Waals surface area contributed by atoms with Crippen LogP contribution in [-0.4, -0.2) is 54.2 Å². The molecule has 0 radical (unpaired) electrons. The Kier molecular flexibility index (Phi) is 2.39. The Labute approximate surface area is 84.8 Å². The molecule has 3 fully saturated rings. The number of nitrogens with zero attached hydrogens (tertiary/aromatic N) is 2. The predicted octanol–water partition coefficient (Wildman–Crippen LogP) is 0.920. The van der Waals surface area contributed by atoms with Gasteiger partial charge in [-0.25, -0.2) is 4.79 Å². The zero-order valence-electron chi connectivity index (χ0n) is 9.06. The van der Waals surface area contributed by atoms with Gasteiger partial charge in [0.25, 0.3) is 0 Å².